The molecule has 5 nitrogen and oxygen atoms in total. The summed E-state index contributed by atoms with van der Waals surface area (Å²) in [5.74, 6) is 0. The van der Waals surface area contributed by atoms with Crippen LogP contribution in [0.25, 0.3) is 0 Å². The second-order valence-corrected chi connectivity index (χ2v) is 7.08. The fourth-order valence-corrected chi connectivity index (χ4v) is 3.05. The monoisotopic (exact) mass is 263 g/mol. The zero-order valence-electron chi connectivity index (χ0n) is 9.65. The number of aryl methyl sites for hydroxylation is 1. The van der Waals surface area contributed by atoms with E-state index in [4.69, 9.17) is 0 Å². The van der Waals surface area contributed by atoms with E-state index in [1.54, 1.807) is 20.2 Å². The number of rotatable bonds is 6. The lowest BCUT2D eigenvalue weighted by molar-refractivity contribution is 0.564. The van der Waals surface area contributed by atoms with Crippen LogP contribution in [0.15, 0.2) is 6.20 Å². The van der Waals surface area contributed by atoms with Gasteiger partial charge < -0.3 is 5.32 Å². The molecular weight excluding hydrogens is 246 g/mol. The van der Waals surface area contributed by atoms with Crippen LogP contribution in [0.4, 0.5) is 0 Å². The first kappa shape index (κ1) is 13.6. The maximum absolute atomic E-state index is 11.7. The molecule has 0 aliphatic carbocycles. The maximum atomic E-state index is 11.7. The summed E-state index contributed by atoms with van der Waals surface area (Å²) in [5.41, 5.74) is 0. The Morgan fingerprint density at radius 1 is 1.56 bits per heavy atom. The Kier molecular flexibility index (Phi) is 4.85. The number of hydrogen-bond donors (Lipinski definition) is 2. The van der Waals surface area contributed by atoms with Crippen molar-refractivity contribution in [2.45, 2.75) is 25.6 Å². The van der Waals surface area contributed by atoms with Crippen LogP contribution in [-0.4, -0.2) is 32.2 Å². The summed E-state index contributed by atoms with van der Waals surface area (Å²) in [5, 5.41) is 3.35. The molecule has 0 fully saturated rings. The number of aromatic nitrogens is 1. The molecule has 1 heterocycles. The van der Waals surface area contributed by atoms with Crippen LogP contribution < -0.4 is 10.0 Å². The lowest BCUT2D eigenvalue weighted by Crippen LogP contribution is -2.37. The van der Waals surface area contributed by atoms with E-state index < -0.39 is 15.3 Å². The highest BCUT2D eigenvalue weighted by Gasteiger charge is 2.19. The molecule has 2 N–H and O–H groups in total. The Labute approximate surface area is 100 Å². The van der Waals surface area contributed by atoms with E-state index in [1.807, 2.05) is 6.92 Å². The van der Waals surface area contributed by atoms with Gasteiger partial charge in [0.2, 0.25) is 10.0 Å². The van der Waals surface area contributed by atoms with Gasteiger partial charge in [-0.1, -0.05) is 0 Å². The summed E-state index contributed by atoms with van der Waals surface area (Å²) in [6, 6.07) is 0. The third-order valence-electron chi connectivity index (χ3n) is 2.14. The van der Waals surface area contributed by atoms with Gasteiger partial charge in [0.15, 0.2) is 0 Å². The quantitative estimate of drug-likeness (QED) is 0.783. The first-order chi connectivity index (χ1) is 7.45. The van der Waals surface area contributed by atoms with Crippen LogP contribution in [0.3, 0.4) is 0 Å². The number of sulfonamides is 1. The Morgan fingerprint density at radius 2 is 2.25 bits per heavy atom. The third kappa shape index (κ3) is 3.82. The number of thiazole rings is 1. The van der Waals surface area contributed by atoms with Crippen LogP contribution in [-0.2, 0) is 16.6 Å². The van der Waals surface area contributed by atoms with Crippen molar-refractivity contribution < 1.29 is 8.42 Å². The van der Waals surface area contributed by atoms with E-state index >= 15 is 0 Å². The Bertz CT molecular complexity index is 428. The van der Waals surface area contributed by atoms with Crippen molar-refractivity contribution in [2.75, 3.05) is 13.6 Å². The molecule has 1 atom stereocenters. The number of hydrogen-bond acceptors (Lipinski definition) is 5. The Hall–Kier alpha value is -0.500. The van der Waals surface area contributed by atoms with E-state index in [-0.39, 0.29) is 0 Å². The molecule has 0 amide bonds. The molecule has 1 rings (SSSR count). The minimum Gasteiger partial charge on any atom is -0.318 e. The van der Waals surface area contributed by atoms with Crippen molar-refractivity contribution in [3.63, 3.8) is 0 Å². The smallest absolute Gasteiger partial charge is 0.215 e. The zero-order chi connectivity index (χ0) is 12.2. The molecule has 0 bridgehead atoms. The van der Waals surface area contributed by atoms with Gasteiger partial charge in [0.25, 0.3) is 0 Å². The van der Waals surface area contributed by atoms with Gasteiger partial charge in [-0.2, -0.15) is 0 Å². The molecule has 0 aliphatic rings. The van der Waals surface area contributed by atoms with Gasteiger partial charge in [-0.25, -0.2) is 18.1 Å². The first-order valence-electron chi connectivity index (χ1n) is 5.00. The number of nitrogens with one attached hydrogen (secondary N) is 2. The van der Waals surface area contributed by atoms with Gasteiger partial charge in [0.1, 0.15) is 0 Å². The molecule has 7 heteroatoms. The van der Waals surface area contributed by atoms with Gasteiger partial charge in [0.05, 0.1) is 10.3 Å². The Morgan fingerprint density at radius 3 is 2.75 bits per heavy atom. The van der Waals surface area contributed by atoms with Crippen molar-refractivity contribution in [1.29, 1.82) is 0 Å². The van der Waals surface area contributed by atoms with E-state index in [0.29, 0.717) is 13.1 Å². The molecular formula is C9H17N3O2S2. The highest BCUT2D eigenvalue weighted by molar-refractivity contribution is 7.90. The predicted octanol–water partition coefficient (Wildman–Crippen LogP) is 0.479. The fraction of sp³-hybridized carbons (Fsp3) is 0.667. The van der Waals surface area contributed by atoms with Crippen molar-refractivity contribution >= 4 is 21.4 Å². The summed E-state index contributed by atoms with van der Waals surface area (Å²) in [6.45, 7) is 4.34. The predicted molar refractivity (Wildman–Crippen MR) is 66.0 cm³/mol. The highest BCUT2D eigenvalue weighted by Crippen LogP contribution is 2.11. The number of nitrogens with zero attached hydrogens (tertiary/aromatic N) is 1. The van der Waals surface area contributed by atoms with Crippen molar-refractivity contribution in [3.8, 4) is 0 Å². The lowest BCUT2D eigenvalue weighted by Gasteiger charge is -2.12. The minimum absolute atomic E-state index is 0.321. The van der Waals surface area contributed by atoms with Crippen molar-refractivity contribution in [3.05, 3.63) is 16.1 Å². The molecule has 0 radical (unpaired) electrons. The van der Waals surface area contributed by atoms with E-state index in [2.05, 4.69) is 15.0 Å². The van der Waals surface area contributed by atoms with Crippen LogP contribution in [0.5, 0.6) is 0 Å². The van der Waals surface area contributed by atoms with Crippen LogP contribution in [0.2, 0.25) is 0 Å². The molecule has 0 aromatic carbocycles. The van der Waals surface area contributed by atoms with E-state index in [9.17, 15) is 8.42 Å². The topological polar surface area (TPSA) is 71.1 Å². The fourth-order valence-electron chi connectivity index (χ4n) is 1.20. The third-order valence-corrected chi connectivity index (χ3v) is 4.82. The Balaban J connectivity index is 2.54. The SMILES string of the molecule is CNCC(C)S(=O)(=O)NCc1cnc(C)s1. The van der Waals surface area contributed by atoms with Gasteiger partial charge in [-0.3, -0.25) is 0 Å². The summed E-state index contributed by atoms with van der Waals surface area (Å²) in [7, 11) is -1.51. The summed E-state index contributed by atoms with van der Waals surface area (Å²) < 4.78 is 26.0. The normalized spacial score (nSPS) is 13.9. The first-order valence-corrected chi connectivity index (χ1v) is 7.36. The van der Waals surface area contributed by atoms with Crippen LogP contribution >= 0.6 is 11.3 Å². The second-order valence-electron chi connectivity index (χ2n) is 3.58. The molecule has 1 aromatic rings. The van der Waals surface area contributed by atoms with Crippen LogP contribution in [0, 0.1) is 6.92 Å². The molecule has 0 aliphatic heterocycles. The zero-order valence-corrected chi connectivity index (χ0v) is 11.3. The summed E-state index contributed by atoms with van der Waals surface area (Å²) in [4.78, 5) is 5.00. The maximum Gasteiger partial charge on any atom is 0.215 e. The average Bonchev–Trinajstić information content (AvgIpc) is 2.62. The standard InChI is InChI=1S/C9H17N3O2S2/c1-7(4-10-3)16(13,14)12-6-9-5-11-8(2)15-9/h5,7,10,12H,4,6H2,1-3H3. The van der Waals surface area contributed by atoms with Gasteiger partial charge >= 0.3 is 0 Å². The summed E-state index contributed by atoms with van der Waals surface area (Å²) in [6.07, 6.45) is 1.70. The average molecular weight is 263 g/mol. The van der Waals surface area contributed by atoms with Gasteiger partial charge in [-0.15, -0.1) is 11.3 Å². The lowest BCUT2D eigenvalue weighted by atomic mass is 10.5. The van der Waals surface area contributed by atoms with Crippen molar-refractivity contribution in [1.82, 2.24) is 15.0 Å². The highest BCUT2D eigenvalue weighted by atomic mass is 32.2. The van der Waals surface area contributed by atoms with Crippen LogP contribution in [0.1, 0.15) is 16.8 Å². The second kappa shape index (κ2) is 5.72. The molecule has 0 saturated heterocycles. The molecule has 0 saturated carbocycles. The minimum atomic E-state index is -3.24. The molecule has 1 aromatic heterocycles. The largest absolute Gasteiger partial charge is 0.318 e. The van der Waals surface area contributed by atoms with E-state index in [0.717, 1.165) is 9.88 Å². The summed E-state index contributed by atoms with van der Waals surface area (Å²) >= 11 is 1.50. The van der Waals surface area contributed by atoms with E-state index in [1.165, 1.54) is 11.3 Å². The molecule has 1 unspecified atom stereocenters. The molecule has 16 heavy (non-hydrogen) atoms. The van der Waals surface area contributed by atoms with Gasteiger partial charge in [0, 0.05) is 24.2 Å². The van der Waals surface area contributed by atoms with Crippen molar-refractivity contribution in [2.24, 2.45) is 0 Å². The molecule has 92 valence electrons. The molecule has 0 spiro atoms. The van der Waals surface area contributed by atoms with Gasteiger partial charge in [-0.05, 0) is 20.9 Å².